The van der Waals surface area contributed by atoms with Gasteiger partial charge in [0.15, 0.2) is 0 Å². The predicted molar refractivity (Wildman–Crippen MR) is 249 cm³/mol. The molecule has 1 saturated carbocycles. The zero-order chi connectivity index (χ0) is 37.9. The van der Waals surface area contributed by atoms with Crippen LogP contribution in [0.3, 0.4) is 0 Å². The van der Waals surface area contributed by atoms with Crippen LogP contribution in [0.2, 0.25) is 0 Å². The van der Waals surface area contributed by atoms with Crippen LogP contribution in [0.15, 0.2) is 169 Å². The molecule has 1 aliphatic carbocycles. The van der Waals surface area contributed by atoms with E-state index in [-0.39, 0.29) is 0 Å². The second-order valence-electron chi connectivity index (χ2n) is 16.0. The normalized spacial score (nSPS) is 13.6. The summed E-state index contributed by atoms with van der Waals surface area (Å²) in [6, 6.07) is 61.2. The lowest BCUT2D eigenvalue weighted by Gasteiger charge is -2.30. The monoisotopic (exact) mass is 729 g/mol. The number of aryl methyl sites for hydroxylation is 1. The highest BCUT2D eigenvalue weighted by Crippen LogP contribution is 2.52. The number of benzene rings is 10. The summed E-state index contributed by atoms with van der Waals surface area (Å²) < 4.78 is 0. The molecule has 0 aliphatic heterocycles. The van der Waals surface area contributed by atoms with E-state index < -0.39 is 0 Å². The Labute approximate surface area is 334 Å². The van der Waals surface area contributed by atoms with E-state index in [0.29, 0.717) is 0 Å². The van der Waals surface area contributed by atoms with Crippen molar-refractivity contribution in [2.24, 2.45) is 0 Å². The van der Waals surface area contributed by atoms with Gasteiger partial charge >= 0.3 is 0 Å². The second kappa shape index (κ2) is 13.8. The summed E-state index contributed by atoms with van der Waals surface area (Å²) in [6.45, 7) is 2.16. The van der Waals surface area contributed by atoms with Gasteiger partial charge in [-0.1, -0.05) is 169 Å². The molecule has 0 spiro atoms. The molecule has 0 amide bonds. The first-order valence-electron chi connectivity index (χ1n) is 20.6. The molecule has 0 bridgehead atoms. The molecule has 11 rings (SSSR count). The van der Waals surface area contributed by atoms with Crippen molar-refractivity contribution in [2.75, 3.05) is 4.90 Å². The van der Waals surface area contributed by atoms with E-state index in [0.717, 1.165) is 11.4 Å². The minimum absolute atomic E-state index is 1.13. The summed E-state index contributed by atoms with van der Waals surface area (Å²) >= 11 is 0. The first kappa shape index (κ1) is 33.6. The first-order valence-corrected chi connectivity index (χ1v) is 20.6. The van der Waals surface area contributed by atoms with Crippen LogP contribution in [0.5, 0.6) is 0 Å². The van der Waals surface area contributed by atoms with Crippen molar-refractivity contribution in [1.82, 2.24) is 0 Å². The van der Waals surface area contributed by atoms with Crippen LogP contribution in [0.25, 0.3) is 82.9 Å². The molecule has 1 aliphatic rings. The van der Waals surface area contributed by atoms with E-state index in [1.54, 1.807) is 5.57 Å². The molecule has 0 N–H and O–H groups in total. The summed E-state index contributed by atoms with van der Waals surface area (Å²) in [7, 11) is 0. The van der Waals surface area contributed by atoms with Crippen molar-refractivity contribution >= 4 is 99.9 Å². The number of nitrogens with zero attached hydrogens (tertiary/aromatic N) is 1. The molecule has 1 nitrogen and oxygen atoms in total. The summed E-state index contributed by atoms with van der Waals surface area (Å²) in [5.74, 6) is 0. The molecule has 0 heterocycles. The van der Waals surface area contributed by atoms with Crippen LogP contribution in [0, 0.1) is 6.92 Å². The number of anilines is 3. The fraction of sp³-hybridized carbons (Fsp3) is 0.107. The predicted octanol–water partition coefficient (Wildman–Crippen LogP) is 16.3. The number of hydrogen-bond acceptors (Lipinski definition) is 1. The van der Waals surface area contributed by atoms with Crippen LogP contribution in [-0.2, 0) is 0 Å². The molecule has 0 radical (unpaired) electrons. The summed E-state index contributed by atoms with van der Waals surface area (Å²) in [6.07, 6.45) is 13.4. The zero-order valence-corrected chi connectivity index (χ0v) is 32.3. The van der Waals surface area contributed by atoms with E-state index in [1.807, 2.05) is 0 Å². The smallest absolute Gasteiger partial charge is 0.0619 e. The van der Waals surface area contributed by atoms with Crippen molar-refractivity contribution in [3.8, 4) is 0 Å². The maximum absolute atomic E-state index is 2.48. The fourth-order valence-electron chi connectivity index (χ4n) is 9.66. The lowest BCUT2D eigenvalue weighted by molar-refractivity contribution is 0.602. The number of hydrogen-bond donors (Lipinski definition) is 0. The zero-order valence-electron chi connectivity index (χ0n) is 32.3. The van der Waals surface area contributed by atoms with Gasteiger partial charge in [0.1, 0.15) is 0 Å². The Morgan fingerprint density at radius 1 is 0.404 bits per heavy atom. The minimum Gasteiger partial charge on any atom is -0.309 e. The maximum Gasteiger partial charge on any atom is 0.0619 e. The lowest BCUT2D eigenvalue weighted by atomic mass is 9.84. The van der Waals surface area contributed by atoms with Gasteiger partial charge in [-0.3, -0.25) is 0 Å². The van der Waals surface area contributed by atoms with Crippen LogP contribution in [-0.4, -0.2) is 0 Å². The van der Waals surface area contributed by atoms with Crippen LogP contribution >= 0.6 is 0 Å². The van der Waals surface area contributed by atoms with Crippen LogP contribution in [0.1, 0.15) is 54.4 Å². The number of fused-ring (bicyclic) bond motifs is 6. The molecular formula is C56H43N. The molecule has 10 aromatic carbocycles. The standard InChI is InChI=1S/C56H43N/c1-37-21-31-44(32-22-37)57(45-33-29-39(30-34-45)24-23-38-25-27-41(28-26-38)35-40-11-3-2-4-12-40)56-50-17-8-7-16-49(50)55-53-48(19-10-20-51(53)56)47-18-9-14-43-36-42-13-5-6-15-46(42)54(55)52(43)47/h5-10,13-36H,2-4,11-12H2,1H3/b24-23+. The fourth-order valence-corrected chi connectivity index (χ4v) is 9.66. The molecule has 1 heteroatoms. The molecule has 272 valence electrons. The van der Waals surface area contributed by atoms with Gasteiger partial charge in [-0.05, 0) is 128 Å². The van der Waals surface area contributed by atoms with Crippen molar-refractivity contribution in [3.05, 3.63) is 192 Å². The minimum atomic E-state index is 1.13. The molecular weight excluding hydrogens is 687 g/mol. The Balaban J connectivity index is 1.09. The third kappa shape index (κ3) is 5.77. The molecule has 0 aromatic heterocycles. The average molecular weight is 730 g/mol. The Kier molecular flexibility index (Phi) is 8.14. The van der Waals surface area contributed by atoms with E-state index >= 15 is 0 Å². The van der Waals surface area contributed by atoms with Crippen molar-refractivity contribution in [3.63, 3.8) is 0 Å². The molecule has 0 saturated heterocycles. The first-order chi connectivity index (χ1) is 28.2. The topological polar surface area (TPSA) is 3.24 Å². The summed E-state index contributed by atoms with van der Waals surface area (Å²) in [4.78, 5) is 2.48. The van der Waals surface area contributed by atoms with Crippen molar-refractivity contribution < 1.29 is 0 Å². The van der Waals surface area contributed by atoms with Gasteiger partial charge in [-0.25, -0.2) is 0 Å². The van der Waals surface area contributed by atoms with Crippen LogP contribution in [0.4, 0.5) is 17.1 Å². The molecule has 1 fully saturated rings. The largest absolute Gasteiger partial charge is 0.309 e. The molecule has 0 unspecified atom stereocenters. The van der Waals surface area contributed by atoms with E-state index in [9.17, 15) is 0 Å². The Morgan fingerprint density at radius 3 is 1.65 bits per heavy atom. The Hall–Kier alpha value is -6.70. The van der Waals surface area contributed by atoms with Gasteiger partial charge in [0.2, 0.25) is 0 Å². The van der Waals surface area contributed by atoms with Gasteiger partial charge in [0.05, 0.1) is 5.69 Å². The number of allylic oxidation sites excluding steroid dienone is 1. The summed E-state index contributed by atoms with van der Waals surface area (Å²) in [5.41, 5.74) is 10.0. The number of rotatable bonds is 6. The van der Waals surface area contributed by atoms with E-state index in [4.69, 9.17) is 0 Å². The molecule has 0 atom stereocenters. The second-order valence-corrected chi connectivity index (χ2v) is 16.0. The van der Waals surface area contributed by atoms with Gasteiger partial charge < -0.3 is 4.90 Å². The SMILES string of the molecule is Cc1ccc(N(c2ccc(/C=C/c3ccc(C=C4CCCCC4)cc3)cc2)c2c3ccccc3c3c4c2cccc4c2cccc4cc5ccccc5c3c42)cc1. The van der Waals surface area contributed by atoms with E-state index in [1.165, 1.54) is 125 Å². The summed E-state index contributed by atoms with van der Waals surface area (Å²) in [5, 5.41) is 15.6. The third-order valence-electron chi connectivity index (χ3n) is 12.4. The van der Waals surface area contributed by atoms with Gasteiger partial charge in [0, 0.05) is 27.5 Å². The Bertz CT molecular complexity index is 3170. The average Bonchev–Trinajstić information content (AvgIpc) is 3.26. The highest BCUT2D eigenvalue weighted by molar-refractivity contribution is 6.44. The molecule has 10 aromatic rings. The molecule has 57 heavy (non-hydrogen) atoms. The Morgan fingerprint density at radius 2 is 0.912 bits per heavy atom. The van der Waals surface area contributed by atoms with Gasteiger partial charge in [-0.15, -0.1) is 0 Å². The lowest BCUT2D eigenvalue weighted by Crippen LogP contribution is -2.11. The quantitative estimate of drug-likeness (QED) is 0.0936. The third-order valence-corrected chi connectivity index (χ3v) is 12.4. The highest BCUT2D eigenvalue weighted by atomic mass is 15.1. The van der Waals surface area contributed by atoms with E-state index in [2.05, 4.69) is 194 Å². The van der Waals surface area contributed by atoms with Crippen molar-refractivity contribution in [2.45, 2.75) is 39.0 Å². The van der Waals surface area contributed by atoms with Gasteiger partial charge in [-0.2, -0.15) is 0 Å². The highest BCUT2D eigenvalue weighted by Gasteiger charge is 2.24. The van der Waals surface area contributed by atoms with Crippen LogP contribution < -0.4 is 4.90 Å². The maximum atomic E-state index is 2.48. The van der Waals surface area contributed by atoms with Gasteiger partial charge in [0.25, 0.3) is 0 Å². The van der Waals surface area contributed by atoms with Crippen molar-refractivity contribution in [1.29, 1.82) is 0 Å².